The van der Waals surface area contributed by atoms with E-state index in [2.05, 4.69) is 0 Å². The lowest BCUT2D eigenvalue weighted by Gasteiger charge is -2.29. The number of carbonyl (C=O) groups excluding carboxylic acids is 1. The second-order valence-electron chi connectivity index (χ2n) is 6.54. The second kappa shape index (κ2) is 5.59. The molecule has 1 aliphatic heterocycles. The van der Waals surface area contributed by atoms with Gasteiger partial charge in [0.05, 0.1) is 17.9 Å². The van der Waals surface area contributed by atoms with Crippen molar-refractivity contribution >= 4 is 21.7 Å². The molecule has 0 aromatic carbocycles. The van der Waals surface area contributed by atoms with E-state index in [1.54, 1.807) is 4.90 Å². The summed E-state index contributed by atoms with van der Waals surface area (Å²) in [6.07, 6.45) is 1.82. The van der Waals surface area contributed by atoms with Crippen LogP contribution in [0.1, 0.15) is 39.5 Å². The molecule has 7 heteroatoms. The van der Waals surface area contributed by atoms with Gasteiger partial charge < -0.3 is 10.0 Å². The Morgan fingerprint density at radius 3 is 2.33 bits per heavy atom. The number of hydrogen-bond acceptors (Lipinski definition) is 4. The van der Waals surface area contributed by atoms with Gasteiger partial charge in [0, 0.05) is 18.5 Å². The Morgan fingerprint density at radius 2 is 1.86 bits per heavy atom. The van der Waals surface area contributed by atoms with Crippen LogP contribution in [0, 0.1) is 11.3 Å². The molecule has 0 bridgehead atoms. The van der Waals surface area contributed by atoms with Crippen molar-refractivity contribution in [2.45, 2.75) is 45.6 Å². The van der Waals surface area contributed by atoms with Crippen molar-refractivity contribution in [2.75, 3.05) is 18.1 Å². The number of carboxylic acids is 1. The quantitative estimate of drug-likeness (QED) is 0.814. The van der Waals surface area contributed by atoms with Gasteiger partial charge in [-0.25, -0.2) is 8.42 Å². The van der Waals surface area contributed by atoms with E-state index in [0.717, 1.165) is 6.42 Å². The number of carboxylic acid groups (broad SMARTS) is 1. The van der Waals surface area contributed by atoms with Crippen molar-refractivity contribution < 1.29 is 23.1 Å². The van der Waals surface area contributed by atoms with Crippen LogP contribution in [0.4, 0.5) is 0 Å². The minimum Gasteiger partial charge on any atom is -0.481 e. The zero-order valence-electron chi connectivity index (χ0n) is 12.5. The Balaban J connectivity index is 1.98. The standard InChI is InChI=1S/C14H23NO5S/c1-10(2)15(6-3-12(16)17)13(18)11-9-14(11)4-7-21(19,20)8-5-14/h10-11H,3-9H2,1-2H3,(H,16,17)/t11-/m0/s1. The predicted molar refractivity (Wildman–Crippen MR) is 77.5 cm³/mol. The summed E-state index contributed by atoms with van der Waals surface area (Å²) in [5.41, 5.74) is -0.140. The summed E-state index contributed by atoms with van der Waals surface area (Å²) in [6.45, 7) is 3.97. The SMILES string of the molecule is CC(C)N(CCC(=O)O)C(=O)[C@@H]1CC12CCS(=O)(=O)CC2. The Hall–Kier alpha value is -1.11. The van der Waals surface area contributed by atoms with Crippen LogP contribution in [0.25, 0.3) is 0 Å². The molecule has 1 N–H and O–H groups in total. The average molecular weight is 317 g/mol. The summed E-state index contributed by atoms with van der Waals surface area (Å²) < 4.78 is 23.0. The highest BCUT2D eigenvalue weighted by atomic mass is 32.2. The first-order valence-corrected chi connectivity index (χ1v) is 9.22. The third-order valence-corrected chi connectivity index (χ3v) is 6.43. The highest BCUT2D eigenvalue weighted by molar-refractivity contribution is 7.91. The zero-order chi connectivity index (χ0) is 15.8. The molecular formula is C14H23NO5S. The first-order valence-electron chi connectivity index (χ1n) is 7.40. The maximum Gasteiger partial charge on any atom is 0.305 e. The van der Waals surface area contributed by atoms with Crippen LogP contribution in [0.2, 0.25) is 0 Å². The van der Waals surface area contributed by atoms with Gasteiger partial charge in [-0.15, -0.1) is 0 Å². The van der Waals surface area contributed by atoms with Crippen molar-refractivity contribution in [3.63, 3.8) is 0 Å². The number of nitrogens with zero attached hydrogens (tertiary/aromatic N) is 1. The summed E-state index contributed by atoms with van der Waals surface area (Å²) in [4.78, 5) is 24.9. The molecule has 0 aromatic heterocycles. The van der Waals surface area contributed by atoms with E-state index in [9.17, 15) is 18.0 Å². The number of hydrogen-bond donors (Lipinski definition) is 1. The molecule has 0 aromatic rings. The van der Waals surface area contributed by atoms with Gasteiger partial charge in [0.1, 0.15) is 9.84 Å². The molecule has 1 atom stereocenters. The third kappa shape index (κ3) is 3.56. The van der Waals surface area contributed by atoms with Crippen LogP contribution in [0.5, 0.6) is 0 Å². The summed E-state index contributed by atoms with van der Waals surface area (Å²) >= 11 is 0. The van der Waals surface area contributed by atoms with Crippen molar-refractivity contribution in [1.29, 1.82) is 0 Å². The van der Waals surface area contributed by atoms with Crippen LogP contribution < -0.4 is 0 Å². The average Bonchev–Trinajstić information content (AvgIpc) is 3.07. The van der Waals surface area contributed by atoms with Gasteiger partial charge in [0.2, 0.25) is 5.91 Å². The highest BCUT2D eigenvalue weighted by Crippen LogP contribution is 2.60. The Bertz CT molecular complexity index is 526. The van der Waals surface area contributed by atoms with E-state index in [-0.39, 0.29) is 47.8 Å². The third-order valence-electron chi connectivity index (χ3n) is 4.78. The minimum atomic E-state index is -2.92. The molecule has 1 amide bonds. The summed E-state index contributed by atoms with van der Waals surface area (Å²) in [7, 11) is -2.92. The largest absolute Gasteiger partial charge is 0.481 e. The van der Waals surface area contributed by atoms with E-state index < -0.39 is 15.8 Å². The second-order valence-corrected chi connectivity index (χ2v) is 8.84. The zero-order valence-corrected chi connectivity index (χ0v) is 13.4. The van der Waals surface area contributed by atoms with E-state index in [1.165, 1.54) is 0 Å². The van der Waals surface area contributed by atoms with Crippen LogP contribution >= 0.6 is 0 Å². The van der Waals surface area contributed by atoms with Gasteiger partial charge in [-0.1, -0.05) is 0 Å². The Morgan fingerprint density at radius 1 is 1.29 bits per heavy atom. The molecule has 1 aliphatic carbocycles. The Labute approximate surface area is 125 Å². The van der Waals surface area contributed by atoms with E-state index in [0.29, 0.717) is 12.8 Å². The Kier molecular flexibility index (Phi) is 4.33. The lowest BCUT2D eigenvalue weighted by Crippen LogP contribution is -2.41. The minimum absolute atomic E-state index is 0.00875. The molecule has 1 saturated heterocycles. The lowest BCUT2D eigenvalue weighted by molar-refractivity contribution is -0.139. The van der Waals surface area contributed by atoms with Crippen LogP contribution in [0.3, 0.4) is 0 Å². The molecule has 6 nitrogen and oxygen atoms in total. The van der Waals surface area contributed by atoms with Crippen molar-refractivity contribution in [1.82, 2.24) is 4.90 Å². The predicted octanol–water partition coefficient (Wildman–Crippen LogP) is 0.913. The van der Waals surface area contributed by atoms with Gasteiger partial charge >= 0.3 is 5.97 Å². The van der Waals surface area contributed by atoms with Gasteiger partial charge in [-0.05, 0) is 38.5 Å². The summed E-state index contributed by atoms with van der Waals surface area (Å²) in [5, 5.41) is 8.78. The van der Waals surface area contributed by atoms with Crippen molar-refractivity contribution in [2.24, 2.45) is 11.3 Å². The van der Waals surface area contributed by atoms with Gasteiger partial charge in [-0.2, -0.15) is 0 Å². The number of sulfone groups is 1. The van der Waals surface area contributed by atoms with Crippen LogP contribution in [0.15, 0.2) is 0 Å². The van der Waals surface area contributed by atoms with Crippen LogP contribution in [-0.2, 0) is 19.4 Å². The molecule has 2 aliphatic rings. The normalized spacial score (nSPS) is 25.8. The molecule has 2 rings (SSSR count). The molecule has 1 saturated carbocycles. The summed E-state index contributed by atoms with van der Waals surface area (Å²) in [5.74, 6) is -0.696. The monoisotopic (exact) mass is 317 g/mol. The fraction of sp³-hybridized carbons (Fsp3) is 0.857. The molecule has 120 valence electrons. The molecule has 1 heterocycles. The fourth-order valence-electron chi connectivity index (χ4n) is 3.23. The van der Waals surface area contributed by atoms with Crippen LogP contribution in [-0.4, -0.2) is 54.4 Å². The fourth-order valence-corrected chi connectivity index (χ4v) is 4.87. The number of carbonyl (C=O) groups is 2. The first-order chi connectivity index (χ1) is 9.67. The topological polar surface area (TPSA) is 91.8 Å². The molecule has 0 unspecified atom stereocenters. The highest BCUT2D eigenvalue weighted by Gasteiger charge is 2.60. The lowest BCUT2D eigenvalue weighted by atomic mass is 9.95. The molecule has 2 fully saturated rings. The smallest absolute Gasteiger partial charge is 0.305 e. The molecule has 21 heavy (non-hydrogen) atoms. The molecular weight excluding hydrogens is 294 g/mol. The number of rotatable bonds is 5. The van der Waals surface area contributed by atoms with Gasteiger partial charge in [0.15, 0.2) is 0 Å². The van der Waals surface area contributed by atoms with Gasteiger partial charge in [0.25, 0.3) is 0 Å². The van der Waals surface area contributed by atoms with E-state index in [4.69, 9.17) is 5.11 Å². The number of amides is 1. The first kappa shape index (κ1) is 16.3. The summed E-state index contributed by atoms with van der Waals surface area (Å²) in [6, 6.07) is -0.0400. The van der Waals surface area contributed by atoms with E-state index >= 15 is 0 Å². The van der Waals surface area contributed by atoms with E-state index in [1.807, 2.05) is 13.8 Å². The molecule has 1 spiro atoms. The van der Waals surface area contributed by atoms with Gasteiger partial charge in [-0.3, -0.25) is 9.59 Å². The van der Waals surface area contributed by atoms with Crippen molar-refractivity contribution in [3.05, 3.63) is 0 Å². The maximum absolute atomic E-state index is 12.6. The number of aliphatic carboxylic acids is 1. The molecule has 0 radical (unpaired) electrons. The maximum atomic E-state index is 12.6. The van der Waals surface area contributed by atoms with Crippen molar-refractivity contribution in [3.8, 4) is 0 Å².